The Morgan fingerprint density at radius 2 is 1.95 bits per heavy atom. The Kier molecular flexibility index (Phi) is 7.22. The van der Waals surface area contributed by atoms with E-state index in [0.717, 1.165) is 50.8 Å². The molecule has 0 unspecified atom stereocenters. The lowest BCUT2D eigenvalue weighted by molar-refractivity contribution is -0.115. The number of thiophene rings is 1. The number of hydrogen-bond donors (Lipinski definition) is 2. The van der Waals surface area contributed by atoms with E-state index < -0.39 is 0 Å². The van der Waals surface area contributed by atoms with E-state index in [9.17, 15) is 9.59 Å². The summed E-state index contributed by atoms with van der Waals surface area (Å²) in [5.41, 5.74) is 4.50. The number of imide groups is 1. The number of aromatic nitrogens is 2. The van der Waals surface area contributed by atoms with E-state index in [2.05, 4.69) is 79.4 Å². The molecule has 6 rings (SSSR count). The van der Waals surface area contributed by atoms with Crippen LogP contribution in [0.15, 0.2) is 71.1 Å². The minimum absolute atomic E-state index is 0.352. The second-order valence-electron chi connectivity index (χ2n) is 9.54. The number of amides is 2. The van der Waals surface area contributed by atoms with Crippen LogP contribution in [0.4, 0.5) is 10.7 Å². The summed E-state index contributed by atoms with van der Waals surface area (Å²) in [6.07, 6.45) is 5.47. The van der Waals surface area contributed by atoms with E-state index in [0.29, 0.717) is 22.5 Å². The molecule has 2 aliphatic heterocycles. The molecule has 4 aromatic rings. The maximum absolute atomic E-state index is 11.8. The van der Waals surface area contributed by atoms with Gasteiger partial charge in [0.1, 0.15) is 0 Å². The number of carbonyl (C=O) groups excluding carboxylic acids is 2. The topological polar surface area (TPSA) is 87.2 Å². The van der Waals surface area contributed by atoms with Gasteiger partial charge in [0, 0.05) is 41.5 Å². The largest absolute Gasteiger partial charge is 0.341 e. The summed E-state index contributed by atoms with van der Waals surface area (Å²) in [6.45, 7) is 3.61. The summed E-state index contributed by atoms with van der Waals surface area (Å²) in [7, 11) is 0. The third-order valence-electron chi connectivity index (χ3n) is 6.96. The fourth-order valence-electron chi connectivity index (χ4n) is 4.96. The monoisotopic (exact) mass is 541 g/mol. The standard InChI is InChI=1S/C29H27N5O2S2/c35-27-26(38-29(36)33-27)15-22-8-11-31-28(32-22)34-12-9-19(10-13-34)16-30-17-20-4-3-5-21(14-20)24-18-37-25-7-2-1-6-23(24)25/h1-8,11,14-15,18-19,30H,9-10,12-13,16-17H2,(H,33,35,36)/b26-15+. The first-order valence-corrected chi connectivity index (χ1v) is 14.4. The summed E-state index contributed by atoms with van der Waals surface area (Å²) in [6, 6.07) is 19.2. The van der Waals surface area contributed by atoms with Crippen LogP contribution in [0.25, 0.3) is 27.3 Å². The van der Waals surface area contributed by atoms with Crippen molar-refractivity contribution in [2.45, 2.75) is 19.4 Å². The lowest BCUT2D eigenvalue weighted by Crippen LogP contribution is -2.38. The highest BCUT2D eigenvalue weighted by Crippen LogP contribution is 2.34. The SMILES string of the molecule is O=C1NC(=O)/C(=C\c2ccnc(N3CCC(CNCc4cccc(-c5csc6ccccc56)c4)CC3)n2)S1. The van der Waals surface area contributed by atoms with E-state index >= 15 is 0 Å². The zero-order valence-electron chi connectivity index (χ0n) is 20.7. The molecule has 4 heterocycles. The van der Waals surface area contributed by atoms with E-state index in [1.807, 2.05) is 0 Å². The molecular weight excluding hydrogens is 514 g/mol. The van der Waals surface area contributed by atoms with Gasteiger partial charge in [0.2, 0.25) is 5.95 Å². The number of nitrogens with one attached hydrogen (secondary N) is 2. The molecule has 38 heavy (non-hydrogen) atoms. The maximum atomic E-state index is 11.8. The zero-order chi connectivity index (χ0) is 25.9. The fraction of sp³-hybridized carbons (Fsp3) is 0.241. The van der Waals surface area contributed by atoms with Crippen molar-refractivity contribution in [1.82, 2.24) is 20.6 Å². The van der Waals surface area contributed by atoms with Crippen molar-refractivity contribution in [1.29, 1.82) is 0 Å². The number of benzene rings is 2. The van der Waals surface area contributed by atoms with Crippen LogP contribution in [0.5, 0.6) is 0 Å². The molecule has 0 saturated carbocycles. The summed E-state index contributed by atoms with van der Waals surface area (Å²) in [5.74, 6) is 0.892. The molecule has 2 N–H and O–H groups in total. The van der Waals surface area contributed by atoms with Crippen molar-refractivity contribution >= 4 is 56.4 Å². The highest BCUT2D eigenvalue weighted by atomic mass is 32.2. The highest BCUT2D eigenvalue weighted by molar-refractivity contribution is 8.18. The number of carbonyl (C=O) groups is 2. The summed E-state index contributed by atoms with van der Waals surface area (Å²) < 4.78 is 1.32. The molecule has 2 fully saturated rings. The summed E-state index contributed by atoms with van der Waals surface area (Å²) in [4.78, 5) is 34.8. The lowest BCUT2D eigenvalue weighted by atomic mass is 9.97. The van der Waals surface area contributed by atoms with E-state index in [1.165, 1.54) is 26.8 Å². The Bertz CT molecular complexity index is 1520. The second kappa shape index (κ2) is 11.1. The molecular formula is C29H27N5O2S2. The van der Waals surface area contributed by atoms with Gasteiger partial charge in [-0.05, 0) is 77.8 Å². The van der Waals surface area contributed by atoms with Gasteiger partial charge in [-0.1, -0.05) is 36.4 Å². The van der Waals surface area contributed by atoms with Crippen LogP contribution in [-0.2, 0) is 11.3 Å². The number of rotatable bonds is 7. The van der Waals surface area contributed by atoms with Crippen LogP contribution in [0.3, 0.4) is 0 Å². The lowest BCUT2D eigenvalue weighted by Gasteiger charge is -2.32. The minimum Gasteiger partial charge on any atom is -0.341 e. The molecule has 9 heteroatoms. The molecule has 2 saturated heterocycles. The molecule has 2 amide bonds. The number of fused-ring (bicyclic) bond motifs is 1. The maximum Gasteiger partial charge on any atom is 0.290 e. The molecule has 2 aromatic heterocycles. The van der Waals surface area contributed by atoms with E-state index in [4.69, 9.17) is 0 Å². The minimum atomic E-state index is -0.375. The van der Waals surface area contributed by atoms with Crippen molar-refractivity contribution in [3.05, 3.63) is 82.3 Å². The predicted octanol–water partition coefficient (Wildman–Crippen LogP) is 5.69. The van der Waals surface area contributed by atoms with Crippen LogP contribution < -0.4 is 15.5 Å². The number of anilines is 1. The normalized spacial score (nSPS) is 17.5. The van der Waals surface area contributed by atoms with Crippen molar-refractivity contribution in [3.8, 4) is 11.1 Å². The molecule has 0 bridgehead atoms. The average Bonchev–Trinajstić information content (AvgIpc) is 3.51. The summed E-state index contributed by atoms with van der Waals surface area (Å²) in [5, 5.41) is 9.16. The Hall–Kier alpha value is -3.53. The van der Waals surface area contributed by atoms with Crippen molar-refractivity contribution in [2.24, 2.45) is 5.92 Å². The van der Waals surface area contributed by atoms with Gasteiger partial charge in [0.05, 0.1) is 10.6 Å². The van der Waals surface area contributed by atoms with Gasteiger partial charge in [-0.2, -0.15) is 0 Å². The molecule has 0 radical (unpaired) electrons. The molecule has 7 nitrogen and oxygen atoms in total. The Labute approximate surface area is 229 Å². The van der Waals surface area contributed by atoms with Gasteiger partial charge in [-0.25, -0.2) is 9.97 Å². The average molecular weight is 542 g/mol. The first-order chi connectivity index (χ1) is 18.6. The zero-order valence-corrected chi connectivity index (χ0v) is 22.4. The molecule has 0 aliphatic carbocycles. The van der Waals surface area contributed by atoms with Gasteiger partial charge < -0.3 is 10.2 Å². The highest BCUT2D eigenvalue weighted by Gasteiger charge is 2.25. The van der Waals surface area contributed by atoms with Gasteiger partial charge in [-0.15, -0.1) is 11.3 Å². The molecule has 2 aromatic carbocycles. The van der Waals surface area contributed by atoms with Crippen LogP contribution in [0.2, 0.25) is 0 Å². The van der Waals surface area contributed by atoms with E-state index in [-0.39, 0.29) is 11.1 Å². The summed E-state index contributed by atoms with van der Waals surface area (Å²) >= 11 is 2.69. The van der Waals surface area contributed by atoms with Crippen LogP contribution >= 0.6 is 23.1 Å². The van der Waals surface area contributed by atoms with Crippen molar-refractivity contribution < 1.29 is 9.59 Å². The number of nitrogens with zero attached hydrogens (tertiary/aromatic N) is 3. The number of thioether (sulfide) groups is 1. The third-order valence-corrected chi connectivity index (χ3v) is 8.74. The molecule has 0 spiro atoms. The van der Waals surface area contributed by atoms with Gasteiger partial charge >= 0.3 is 0 Å². The second-order valence-corrected chi connectivity index (χ2v) is 11.5. The Morgan fingerprint density at radius 3 is 2.79 bits per heavy atom. The van der Waals surface area contributed by atoms with Crippen molar-refractivity contribution in [3.63, 3.8) is 0 Å². The van der Waals surface area contributed by atoms with Gasteiger partial charge in [-0.3, -0.25) is 14.9 Å². The Morgan fingerprint density at radius 1 is 1.08 bits per heavy atom. The van der Waals surface area contributed by atoms with Gasteiger partial charge in [0.15, 0.2) is 0 Å². The van der Waals surface area contributed by atoms with Crippen LogP contribution in [0.1, 0.15) is 24.1 Å². The Balaban J connectivity index is 1.01. The quantitative estimate of drug-likeness (QED) is 0.291. The molecule has 0 atom stereocenters. The molecule has 192 valence electrons. The number of piperidine rings is 1. The first-order valence-electron chi connectivity index (χ1n) is 12.7. The number of hydrogen-bond acceptors (Lipinski definition) is 8. The van der Waals surface area contributed by atoms with E-state index in [1.54, 1.807) is 29.7 Å². The first kappa shape index (κ1) is 24.8. The van der Waals surface area contributed by atoms with Gasteiger partial charge in [0.25, 0.3) is 11.1 Å². The van der Waals surface area contributed by atoms with Crippen LogP contribution in [0, 0.1) is 5.92 Å². The third kappa shape index (κ3) is 5.50. The predicted molar refractivity (Wildman–Crippen MR) is 155 cm³/mol. The van der Waals surface area contributed by atoms with Crippen molar-refractivity contribution in [2.75, 3.05) is 24.5 Å². The van der Waals surface area contributed by atoms with Crippen LogP contribution in [-0.4, -0.2) is 40.7 Å². The molecule has 2 aliphatic rings. The smallest absolute Gasteiger partial charge is 0.290 e. The fourth-order valence-corrected chi connectivity index (χ4v) is 6.59.